The molecule has 8 nitrogen and oxygen atoms in total. The predicted octanol–water partition coefficient (Wildman–Crippen LogP) is -0.628. The first-order valence-electron chi connectivity index (χ1n) is 3.94. The van der Waals surface area contributed by atoms with Crippen molar-refractivity contribution in [3.05, 3.63) is 0 Å². The molecule has 0 unspecified atom stereocenters. The average molecular weight is 246 g/mol. The first-order chi connectivity index (χ1) is 6.06. The zero-order valence-corrected chi connectivity index (χ0v) is 10.0. The molecular formula is C4H20N6O2P2. The van der Waals surface area contributed by atoms with Crippen LogP contribution >= 0.6 is 15.2 Å². The molecule has 0 spiro atoms. The van der Waals surface area contributed by atoms with Crippen LogP contribution in [0.15, 0.2) is 0 Å². The monoisotopic (exact) mass is 246 g/mol. The van der Waals surface area contributed by atoms with Gasteiger partial charge in [-0.3, -0.25) is 36.7 Å². The highest BCUT2D eigenvalue weighted by Crippen LogP contribution is 2.16. The normalized spacial score (nSPS) is 11.9. The summed E-state index contributed by atoms with van der Waals surface area (Å²) in [5.74, 6) is 0. The van der Waals surface area contributed by atoms with Crippen LogP contribution in [-0.2, 0) is 9.13 Å². The molecule has 0 aliphatic rings. The first-order valence-corrected chi connectivity index (χ1v) is 7.70. The summed E-state index contributed by atoms with van der Waals surface area (Å²) in [6.45, 7) is 2.68. The summed E-state index contributed by atoms with van der Waals surface area (Å²) < 4.78 is 20.1. The van der Waals surface area contributed by atoms with Crippen LogP contribution in [0.1, 0.15) is 19.8 Å². The molecule has 0 rings (SSSR count). The number of nitrogens with two attached hydrogens (primary N) is 5. The third-order valence-electron chi connectivity index (χ3n) is 0.889. The minimum atomic E-state index is -3.14. The lowest BCUT2D eigenvalue weighted by molar-refractivity contribution is 0.564. The summed E-state index contributed by atoms with van der Waals surface area (Å²) in [7, 11) is -6.08. The number of unbranched alkanes of at least 4 members (excludes halogenated alkanes) is 1. The van der Waals surface area contributed by atoms with Gasteiger partial charge in [0.1, 0.15) is 0 Å². The van der Waals surface area contributed by atoms with E-state index < -0.39 is 15.2 Å². The van der Waals surface area contributed by atoms with Crippen LogP contribution in [0.25, 0.3) is 0 Å². The van der Waals surface area contributed by atoms with E-state index in [1.54, 1.807) is 0 Å². The topological polar surface area (TPSA) is 176 Å². The van der Waals surface area contributed by atoms with Crippen molar-refractivity contribution in [2.75, 3.05) is 6.54 Å². The van der Waals surface area contributed by atoms with E-state index in [-0.39, 0.29) is 0 Å². The first kappa shape index (κ1) is 16.6. The average Bonchev–Trinajstić information content (AvgIpc) is 1.80. The zero-order chi connectivity index (χ0) is 11.8. The van der Waals surface area contributed by atoms with Crippen LogP contribution in [0.5, 0.6) is 0 Å². The van der Waals surface area contributed by atoms with Gasteiger partial charge in [0, 0.05) is 6.54 Å². The summed E-state index contributed by atoms with van der Waals surface area (Å²) in [6.07, 6.45) is 2.01. The Hall–Kier alpha value is 0.220. The number of hydrogen-bond donors (Lipinski definition) is 6. The molecule has 14 heavy (non-hydrogen) atoms. The van der Waals surface area contributed by atoms with Gasteiger partial charge in [0.25, 0.3) is 15.2 Å². The fourth-order valence-corrected chi connectivity index (χ4v) is 0.938. The van der Waals surface area contributed by atoms with Crippen molar-refractivity contribution in [2.45, 2.75) is 19.8 Å². The van der Waals surface area contributed by atoms with E-state index in [4.69, 9.17) is 11.0 Å². The molecule has 11 N–H and O–H groups in total. The Morgan fingerprint density at radius 1 is 1.07 bits per heavy atom. The van der Waals surface area contributed by atoms with Crippen molar-refractivity contribution in [3.8, 4) is 0 Å². The van der Waals surface area contributed by atoms with Gasteiger partial charge in [0.2, 0.25) is 0 Å². The molecule has 0 bridgehead atoms. The highest BCUT2D eigenvalue weighted by atomic mass is 31.2. The SMILES string of the molecule is CCCCNP(N)(N)=O.NP(N)(N)=O. The van der Waals surface area contributed by atoms with Gasteiger partial charge in [-0.25, -0.2) is 5.09 Å². The Labute approximate surface area is 84.0 Å². The van der Waals surface area contributed by atoms with Gasteiger partial charge in [0.15, 0.2) is 0 Å². The summed E-state index contributed by atoms with van der Waals surface area (Å²) in [6, 6.07) is 0. The largest absolute Gasteiger partial charge is 0.273 e. The lowest BCUT2D eigenvalue weighted by Gasteiger charge is -2.06. The highest BCUT2D eigenvalue weighted by molar-refractivity contribution is 7.56. The molecule has 0 aliphatic heterocycles. The van der Waals surface area contributed by atoms with Crippen molar-refractivity contribution >= 4 is 15.2 Å². The molecule has 0 heterocycles. The second-order valence-corrected chi connectivity index (χ2v) is 6.00. The fraction of sp³-hybridized carbons (Fsp3) is 1.00. The van der Waals surface area contributed by atoms with E-state index in [0.717, 1.165) is 12.8 Å². The molecule has 0 saturated heterocycles. The van der Waals surface area contributed by atoms with Crippen LogP contribution in [0, 0.1) is 0 Å². The summed E-state index contributed by atoms with van der Waals surface area (Å²) in [5, 5.41) is 2.53. The molecule has 0 fully saturated rings. The van der Waals surface area contributed by atoms with Crippen molar-refractivity contribution < 1.29 is 9.13 Å². The second kappa shape index (κ2) is 7.50. The summed E-state index contributed by atoms with van der Waals surface area (Å²) >= 11 is 0. The van der Waals surface area contributed by atoms with E-state index >= 15 is 0 Å². The number of rotatable bonds is 4. The second-order valence-electron chi connectivity index (χ2n) is 2.73. The molecule has 0 radical (unpaired) electrons. The van der Waals surface area contributed by atoms with Gasteiger partial charge in [-0.1, -0.05) is 13.3 Å². The molecule has 0 amide bonds. The maximum absolute atomic E-state index is 10.5. The molecule has 0 aromatic rings. The standard InChI is InChI=1S/C4H14N3OP.H6N3OP/c1-2-3-4-7-9(5,6)8;1-5(2,3)4/h2-4H2,1H3,(H5,5,6,7,8);(H6,1,2,3,4). The van der Waals surface area contributed by atoms with Gasteiger partial charge in [-0.05, 0) is 6.42 Å². The summed E-state index contributed by atoms with van der Waals surface area (Å²) in [5.41, 5.74) is 23.4. The van der Waals surface area contributed by atoms with Crippen molar-refractivity contribution in [1.82, 2.24) is 5.09 Å². The van der Waals surface area contributed by atoms with Crippen LogP contribution < -0.4 is 32.6 Å². The van der Waals surface area contributed by atoms with Gasteiger partial charge in [-0.15, -0.1) is 0 Å². The van der Waals surface area contributed by atoms with Gasteiger partial charge in [-0.2, -0.15) is 0 Å². The molecule has 0 aromatic heterocycles. The minimum Gasteiger partial charge on any atom is -0.272 e. The Morgan fingerprint density at radius 2 is 1.43 bits per heavy atom. The van der Waals surface area contributed by atoms with Crippen LogP contribution in [0.2, 0.25) is 0 Å². The maximum Gasteiger partial charge on any atom is 0.273 e. The molecule has 0 atom stereocenters. The van der Waals surface area contributed by atoms with Gasteiger partial charge in [0.05, 0.1) is 0 Å². The third kappa shape index (κ3) is 39.8. The van der Waals surface area contributed by atoms with Crippen molar-refractivity contribution in [1.29, 1.82) is 0 Å². The zero-order valence-electron chi connectivity index (χ0n) is 8.22. The van der Waals surface area contributed by atoms with Crippen LogP contribution in [0.4, 0.5) is 0 Å². The molecule has 88 valence electrons. The lowest BCUT2D eigenvalue weighted by Crippen LogP contribution is -2.22. The third-order valence-corrected chi connectivity index (χ3v) is 1.61. The van der Waals surface area contributed by atoms with Crippen molar-refractivity contribution in [2.24, 2.45) is 27.5 Å². The fourth-order valence-electron chi connectivity index (χ4n) is 0.431. The van der Waals surface area contributed by atoms with E-state index in [1.807, 2.05) is 6.92 Å². The lowest BCUT2D eigenvalue weighted by atomic mass is 10.3. The van der Waals surface area contributed by atoms with E-state index in [0.29, 0.717) is 6.54 Å². The molecular weight excluding hydrogens is 226 g/mol. The van der Waals surface area contributed by atoms with E-state index in [9.17, 15) is 9.13 Å². The Kier molecular flexibility index (Phi) is 8.92. The predicted molar refractivity (Wildman–Crippen MR) is 59.1 cm³/mol. The quantitative estimate of drug-likeness (QED) is 0.280. The van der Waals surface area contributed by atoms with Crippen LogP contribution in [0.3, 0.4) is 0 Å². The Morgan fingerprint density at radius 3 is 1.64 bits per heavy atom. The number of hydrogen-bond acceptors (Lipinski definition) is 2. The minimum absolute atomic E-state index is 0.640. The van der Waals surface area contributed by atoms with E-state index in [2.05, 4.69) is 21.6 Å². The van der Waals surface area contributed by atoms with Crippen LogP contribution in [-0.4, -0.2) is 6.54 Å². The van der Waals surface area contributed by atoms with Gasteiger partial charge < -0.3 is 0 Å². The Balaban J connectivity index is 0. The van der Waals surface area contributed by atoms with Crippen molar-refractivity contribution in [3.63, 3.8) is 0 Å². The Bertz CT molecular complexity index is 214. The number of nitrogens with one attached hydrogen (secondary N) is 1. The molecule has 0 aromatic carbocycles. The maximum atomic E-state index is 10.5. The molecule has 0 aliphatic carbocycles. The van der Waals surface area contributed by atoms with Gasteiger partial charge >= 0.3 is 0 Å². The summed E-state index contributed by atoms with van der Waals surface area (Å²) in [4.78, 5) is 0. The smallest absolute Gasteiger partial charge is 0.272 e. The highest BCUT2D eigenvalue weighted by Gasteiger charge is 2.03. The molecule has 0 saturated carbocycles. The van der Waals surface area contributed by atoms with E-state index in [1.165, 1.54) is 0 Å². The molecule has 10 heteroatoms.